The smallest absolute Gasteiger partial charge is 0.279 e. The van der Waals surface area contributed by atoms with Gasteiger partial charge >= 0.3 is 0 Å². The Hall–Kier alpha value is -2.43. The molecule has 6 nitrogen and oxygen atoms in total. The number of rotatable bonds is 5. The molecule has 3 rings (SSSR count). The molecular weight excluding hydrogens is 410 g/mol. The van der Waals surface area contributed by atoms with E-state index >= 15 is 0 Å². The molecule has 0 saturated carbocycles. The van der Waals surface area contributed by atoms with E-state index < -0.39 is 27.4 Å². The zero-order chi connectivity index (χ0) is 20.5. The number of hydrogen-bond donors (Lipinski definition) is 0. The molecule has 1 heterocycles. The number of ether oxygens (including phenoxy) is 1. The number of hydrogen-bond acceptors (Lipinski definition) is 5. The third-order valence-electron chi connectivity index (χ3n) is 3.94. The summed E-state index contributed by atoms with van der Waals surface area (Å²) in [6, 6.07) is 7.29. The van der Waals surface area contributed by atoms with Gasteiger partial charge in [-0.05, 0) is 30.3 Å². The highest BCUT2D eigenvalue weighted by Gasteiger charge is 2.15. The van der Waals surface area contributed by atoms with Crippen molar-refractivity contribution < 1.29 is 26.7 Å². The second-order valence-corrected chi connectivity index (χ2v) is 9.00. The van der Waals surface area contributed by atoms with Gasteiger partial charge < -0.3 is 9.30 Å². The van der Waals surface area contributed by atoms with E-state index in [-0.39, 0.29) is 33.9 Å². The molecule has 10 heteroatoms. The third kappa shape index (κ3) is 4.18. The average molecular weight is 426 g/mol. The standard InChI is InChI=1S/C18H16F2N2O4S2/c1-26-8-7-22-16-14(20)9-12(19)10-15(16)27-18(22)21-17(23)11-3-5-13(6-4-11)28(2,24)25/h3-6,9-10H,7-8H2,1-2H3. The Morgan fingerprint density at radius 1 is 1.21 bits per heavy atom. The Morgan fingerprint density at radius 3 is 2.50 bits per heavy atom. The van der Waals surface area contributed by atoms with Gasteiger partial charge in [0.25, 0.3) is 5.91 Å². The van der Waals surface area contributed by atoms with Crippen molar-refractivity contribution in [3.05, 3.63) is 58.4 Å². The maximum absolute atomic E-state index is 14.3. The van der Waals surface area contributed by atoms with Crippen molar-refractivity contribution in [3.63, 3.8) is 0 Å². The van der Waals surface area contributed by atoms with E-state index in [9.17, 15) is 22.0 Å². The topological polar surface area (TPSA) is 77.7 Å². The lowest BCUT2D eigenvalue weighted by Gasteiger charge is -2.05. The van der Waals surface area contributed by atoms with Crippen LogP contribution < -0.4 is 4.80 Å². The Balaban J connectivity index is 2.09. The number of carbonyl (C=O) groups is 1. The summed E-state index contributed by atoms with van der Waals surface area (Å²) in [5, 5.41) is 0. The molecule has 0 fully saturated rings. The predicted octanol–water partition coefficient (Wildman–Crippen LogP) is 2.77. The van der Waals surface area contributed by atoms with Gasteiger partial charge in [-0.25, -0.2) is 17.2 Å². The number of amides is 1. The van der Waals surface area contributed by atoms with Crippen molar-refractivity contribution in [3.8, 4) is 0 Å². The molecule has 0 radical (unpaired) electrons. The zero-order valence-corrected chi connectivity index (χ0v) is 16.6. The van der Waals surface area contributed by atoms with Crippen LogP contribution in [0.2, 0.25) is 0 Å². The van der Waals surface area contributed by atoms with E-state index in [2.05, 4.69) is 4.99 Å². The summed E-state index contributed by atoms with van der Waals surface area (Å²) in [7, 11) is -1.90. The molecule has 1 amide bonds. The number of methoxy groups -OCH3 is 1. The van der Waals surface area contributed by atoms with Crippen molar-refractivity contribution in [2.75, 3.05) is 20.0 Å². The van der Waals surface area contributed by atoms with Gasteiger partial charge in [0.1, 0.15) is 5.82 Å². The summed E-state index contributed by atoms with van der Waals surface area (Å²) in [5.74, 6) is -2.10. The lowest BCUT2D eigenvalue weighted by molar-refractivity contribution is 0.0997. The van der Waals surface area contributed by atoms with E-state index in [1.807, 2.05) is 0 Å². The van der Waals surface area contributed by atoms with E-state index in [1.54, 1.807) is 0 Å². The lowest BCUT2D eigenvalue weighted by Crippen LogP contribution is -2.20. The molecule has 0 saturated heterocycles. The molecular formula is C18H16F2N2O4S2. The van der Waals surface area contributed by atoms with E-state index in [0.717, 1.165) is 23.7 Å². The number of aromatic nitrogens is 1. The molecule has 2 aromatic carbocycles. The fourth-order valence-electron chi connectivity index (χ4n) is 2.60. The number of nitrogens with zero attached hydrogens (tertiary/aromatic N) is 2. The monoisotopic (exact) mass is 426 g/mol. The first-order valence-corrected chi connectivity index (χ1v) is 10.8. The Kier molecular flexibility index (Phi) is 5.73. The normalized spacial score (nSPS) is 12.6. The van der Waals surface area contributed by atoms with Crippen LogP contribution in [0.4, 0.5) is 8.78 Å². The number of sulfone groups is 1. The van der Waals surface area contributed by atoms with Crippen molar-refractivity contribution in [2.45, 2.75) is 11.4 Å². The highest BCUT2D eigenvalue weighted by molar-refractivity contribution is 7.90. The first-order valence-electron chi connectivity index (χ1n) is 8.07. The highest BCUT2D eigenvalue weighted by Crippen LogP contribution is 2.22. The van der Waals surface area contributed by atoms with E-state index in [4.69, 9.17) is 4.74 Å². The quantitative estimate of drug-likeness (QED) is 0.629. The van der Waals surface area contributed by atoms with Crippen molar-refractivity contribution in [1.82, 2.24) is 4.57 Å². The number of halogens is 2. The molecule has 0 bridgehead atoms. The number of thiazole rings is 1. The van der Waals surface area contributed by atoms with Crippen LogP contribution in [-0.2, 0) is 21.1 Å². The minimum atomic E-state index is -3.38. The molecule has 0 atom stereocenters. The maximum atomic E-state index is 14.3. The Labute approximate surface area is 163 Å². The van der Waals surface area contributed by atoms with Crippen LogP contribution in [0.25, 0.3) is 10.2 Å². The molecule has 0 aliphatic rings. The lowest BCUT2D eigenvalue weighted by atomic mass is 10.2. The van der Waals surface area contributed by atoms with Crippen LogP contribution in [0, 0.1) is 11.6 Å². The molecule has 0 aliphatic carbocycles. The van der Waals surface area contributed by atoms with Gasteiger partial charge in [0.2, 0.25) is 0 Å². The molecule has 0 unspecified atom stereocenters. The predicted molar refractivity (Wildman–Crippen MR) is 101 cm³/mol. The molecule has 148 valence electrons. The number of benzene rings is 2. The SMILES string of the molecule is COCCn1c(=NC(=O)c2ccc(S(C)(=O)=O)cc2)sc2cc(F)cc(F)c21. The highest BCUT2D eigenvalue weighted by atomic mass is 32.2. The summed E-state index contributed by atoms with van der Waals surface area (Å²) in [6.07, 6.45) is 1.07. The fourth-order valence-corrected chi connectivity index (χ4v) is 4.32. The van der Waals surface area contributed by atoms with Crippen LogP contribution in [0.15, 0.2) is 46.3 Å². The third-order valence-corrected chi connectivity index (χ3v) is 6.09. The summed E-state index contributed by atoms with van der Waals surface area (Å²) in [6.45, 7) is 0.464. The van der Waals surface area contributed by atoms with Crippen LogP contribution in [-0.4, -0.2) is 38.9 Å². The van der Waals surface area contributed by atoms with Crippen LogP contribution in [0.5, 0.6) is 0 Å². The second-order valence-electron chi connectivity index (χ2n) is 5.98. The fraction of sp³-hybridized carbons (Fsp3) is 0.222. The molecule has 0 N–H and O–H groups in total. The average Bonchev–Trinajstić information content (AvgIpc) is 2.96. The number of fused-ring (bicyclic) bond motifs is 1. The molecule has 0 spiro atoms. The molecule has 28 heavy (non-hydrogen) atoms. The summed E-state index contributed by atoms with van der Waals surface area (Å²) in [5.41, 5.74) is 0.317. The minimum absolute atomic E-state index is 0.0821. The zero-order valence-electron chi connectivity index (χ0n) is 15.0. The van der Waals surface area contributed by atoms with E-state index in [0.29, 0.717) is 4.70 Å². The minimum Gasteiger partial charge on any atom is -0.383 e. The molecule has 0 aliphatic heterocycles. The van der Waals surface area contributed by atoms with Crippen molar-refractivity contribution in [2.24, 2.45) is 4.99 Å². The van der Waals surface area contributed by atoms with Gasteiger partial charge in [-0.3, -0.25) is 4.79 Å². The van der Waals surface area contributed by atoms with Crippen LogP contribution in [0.3, 0.4) is 0 Å². The Morgan fingerprint density at radius 2 is 1.89 bits per heavy atom. The van der Waals surface area contributed by atoms with Gasteiger partial charge in [-0.1, -0.05) is 11.3 Å². The maximum Gasteiger partial charge on any atom is 0.279 e. The van der Waals surface area contributed by atoms with Crippen LogP contribution >= 0.6 is 11.3 Å². The summed E-state index contributed by atoms with van der Waals surface area (Å²) in [4.78, 5) is 16.8. The van der Waals surface area contributed by atoms with Gasteiger partial charge in [0.05, 0.1) is 21.7 Å². The molecule has 3 aromatic rings. The largest absolute Gasteiger partial charge is 0.383 e. The Bertz CT molecular complexity index is 1210. The first kappa shape index (κ1) is 20.3. The van der Waals surface area contributed by atoms with Gasteiger partial charge in [0.15, 0.2) is 20.5 Å². The van der Waals surface area contributed by atoms with Gasteiger partial charge in [0, 0.05) is 31.5 Å². The number of carbonyl (C=O) groups excluding carboxylic acids is 1. The summed E-state index contributed by atoms with van der Waals surface area (Å²) < 4.78 is 57.7. The second kappa shape index (κ2) is 7.90. The van der Waals surface area contributed by atoms with Crippen LogP contribution in [0.1, 0.15) is 10.4 Å². The molecule has 1 aromatic heterocycles. The van der Waals surface area contributed by atoms with Gasteiger partial charge in [-0.2, -0.15) is 4.99 Å². The van der Waals surface area contributed by atoms with E-state index in [1.165, 1.54) is 42.0 Å². The summed E-state index contributed by atoms with van der Waals surface area (Å²) >= 11 is 0.977. The van der Waals surface area contributed by atoms with Crippen molar-refractivity contribution >= 4 is 37.3 Å². The van der Waals surface area contributed by atoms with Crippen molar-refractivity contribution in [1.29, 1.82) is 0 Å². The van der Waals surface area contributed by atoms with Gasteiger partial charge in [-0.15, -0.1) is 0 Å². The first-order chi connectivity index (χ1) is 13.2.